The summed E-state index contributed by atoms with van der Waals surface area (Å²) in [6, 6.07) is 15.9. The molecule has 0 radical (unpaired) electrons. The highest BCUT2D eigenvalue weighted by molar-refractivity contribution is 5.89. The first-order chi connectivity index (χ1) is 15.0. The molecule has 0 aromatic heterocycles. The largest absolute Gasteiger partial charge is 0.497 e. The SMILES string of the molecule is COc1ccc(N2CCN(C(=O)COC(=O)/C=C/c3ccc(C(C)C)cc3)CC2)cc1. The number of carbonyl (C=O) groups is 2. The third-order valence-corrected chi connectivity index (χ3v) is 5.42. The summed E-state index contributed by atoms with van der Waals surface area (Å²) in [4.78, 5) is 28.3. The minimum absolute atomic E-state index is 0.169. The molecule has 1 amide bonds. The summed E-state index contributed by atoms with van der Waals surface area (Å²) < 4.78 is 10.3. The van der Waals surface area contributed by atoms with Gasteiger partial charge in [-0.1, -0.05) is 38.1 Å². The van der Waals surface area contributed by atoms with Crippen molar-refractivity contribution < 1.29 is 19.1 Å². The van der Waals surface area contributed by atoms with Gasteiger partial charge in [-0.25, -0.2) is 4.79 Å². The molecule has 0 spiro atoms. The Balaban J connectivity index is 1.41. The van der Waals surface area contributed by atoms with Crippen LogP contribution in [0.25, 0.3) is 6.08 Å². The normalized spacial score (nSPS) is 14.2. The van der Waals surface area contributed by atoms with E-state index in [-0.39, 0.29) is 12.5 Å². The third kappa shape index (κ3) is 6.35. The Bertz CT molecular complexity index is 896. The van der Waals surface area contributed by atoms with Gasteiger partial charge in [-0.3, -0.25) is 4.79 Å². The average molecular weight is 423 g/mol. The summed E-state index contributed by atoms with van der Waals surface area (Å²) in [6.07, 6.45) is 3.06. The maximum absolute atomic E-state index is 12.4. The molecule has 0 aliphatic carbocycles. The molecule has 1 aliphatic heterocycles. The van der Waals surface area contributed by atoms with Gasteiger partial charge in [-0.15, -0.1) is 0 Å². The average Bonchev–Trinajstić information content (AvgIpc) is 2.81. The molecule has 6 nitrogen and oxygen atoms in total. The molecule has 1 fully saturated rings. The minimum Gasteiger partial charge on any atom is -0.497 e. The second kappa shape index (κ2) is 10.7. The predicted octanol–water partition coefficient (Wildman–Crippen LogP) is 3.72. The van der Waals surface area contributed by atoms with E-state index in [4.69, 9.17) is 9.47 Å². The van der Waals surface area contributed by atoms with E-state index in [1.54, 1.807) is 18.1 Å². The first-order valence-corrected chi connectivity index (χ1v) is 10.6. The number of ether oxygens (including phenoxy) is 2. The molecular formula is C25H30N2O4. The Morgan fingerprint density at radius 1 is 0.968 bits per heavy atom. The molecular weight excluding hydrogens is 392 g/mol. The third-order valence-electron chi connectivity index (χ3n) is 5.42. The number of amides is 1. The Morgan fingerprint density at radius 2 is 1.61 bits per heavy atom. The van der Waals surface area contributed by atoms with E-state index in [0.717, 1.165) is 30.1 Å². The summed E-state index contributed by atoms with van der Waals surface area (Å²) in [7, 11) is 1.64. The molecule has 0 atom stereocenters. The molecule has 6 heteroatoms. The van der Waals surface area contributed by atoms with Crippen molar-refractivity contribution in [2.75, 3.05) is 44.8 Å². The second-order valence-electron chi connectivity index (χ2n) is 7.83. The Morgan fingerprint density at radius 3 is 2.19 bits per heavy atom. The molecule has 2 aromatic rings. The van der Waals surface area contributed by atoms with Gasteiger partial charge in [0.05, 0.1) is 7.11 Å². The predicted molar refractivity (Wildman–Crippen MR) is 122 cm³/mol. The molecule has 0 unspecified atom stereocenters. The van der Waals surface area contributed by atoms with Crippen molar-refractivity contribution in [2.45, 2.75) is 19.8 Å². The Hall–Kier alpha value is -3.28. The van der Waals surface area contributed by atoms with E-state index in [2.05, 4.69) is 18.7 Å². The molecule has 1 heterocycles. The van der Waals surface area contributed by atoms with Gasteiger partial charge >= 0.3 is 5.97 Å². The first-order valence-electron chi connectivity index (χ1n) is 10.6. The van der Waals surface area contributed by atoms with Crippen LogP contribution in [0.1, 0.15) is 30.9 Å². The number of nitrogens with zero attached hydrogens (tertiary/aromatic N) is 2. The maximum atomic E-state index is 12.4. The molecule has 2 aromatic carbocycles. The summed E-state index contributed by atoms with van der Waals surface area (Å²) >= 11 is 0. The number of hydrogen-bond acceptors (Lipinski definition) is 5. The highest BCUT2D eigenvalue weighted by Crippen LogP contribution is 2.20. The fourth-order valence-electron chi connectivity index (χ4n) is 3.44. The lowest BCUT2D eigenvalue weighted by Gasteiger charge is -2.36. The number of esters is 1. The number of methoxy groups -OCH3 is 1. The van der Waals surface area contributed by atoms with Crippen LogP contribution in [0.4, 0.5) is 5.69 Å². The van der Waals surface area contributed by atoms with Crippen LogP contribution in [-0.4, -0.2) is 56.7 Å². The van der Waals surface area contributed by atoms with Gasteiger partial charge < -0.3 is 19.3 Å². The van der Waals surface area contributed by atoms with Crippen molar-refractivity contribution in [3.8, 4) is 5.75 Å². The lowest BCUT2D eigenvalue weighted by atomic mass is 10.0. The van der Waals surface area contributed by atoms with Crippen LogP contribution < -0.4 is 9.64 Å². The van der Waals surface area contributed by atoms with Crippen molar-refractivity contribution in [2.24, 2.45) is 0 Å². The maximum Gasteiger partial charge on any atom is 0.331 e. The van der Waals surface area contributed by atoms with E-state index >= 15 is 0 Å². The monoisotopic (exact) mass is 422 g/mol. The van der Waals surface area contributed by atoms with Crippen molar-refractivity contribution >= 4 is 23.6 Å². The molecule has 1 saturated heterocycles. The number of rotatable bonds is 7. The minimum atomic E-state index is -0.516. The molecule has 1 aliphatic rings. The van der Waals surface area contributed by atoms with E-state index in [9.17, 15) is 9.59 Å². The van der Waals surface area contributed by atoms with Crippen LogP contribution in [0.3, 0.4) is 0 Å². The molecule has 0 saturated carbocycles. The van der Waals surface area contributed by atoms with Crippen molar-refractivity contribution in [3.05, 3.63) is 65.7 Å². The van der Waals surface area contributed by atoms with Crippen LogP contribution in [0.5, 0.6) is 5.75 Å². The topological polar surface area (TPSA) is 59.1 Å². The van der Waals surface area contributed by atoms with Gasteiger partial charge in [0.2, 0.25) is 0 Å². The molecule has 164 valence electrons. The van der Waals surface area contributed by atoms with E-state index in [0.29, 0.717) is 19.0 Å². The number of carbonyl (C=O) groups excluding carboxylic acids is 2. The zero-order chi connectivity index (χ0) is 22.2. The van der Waals surface area contributed by atoms with Gasteiger partial charge in [0.1, 0.15) is 5.75 Å². The quantitative estimate of drug-likeness (QED) is 0.503. The number of piperazine rings is 1. The number of benzene rings is 2. The van der Waals surface area contributed by atoms with Gasteiger partial charge in [0.25, 0.3) is 5.91 Å². The lowest BCUT2D eigenvalue weighted by molar-refractivity contribution is -0.148. The Labute approximate surface area is 184 Å². The number of hydrogen-bond donors (Lipinski definition) is 0. The van der Waals surface area contributed by atoms with Crippen LogP contribution in [0, 0.1) is 0 Å². The van der Waals surface area contributed by atoms with Gasteiger partial charge in [0.15, 0.2) is 6.61 Å². The fraction of sp³-hybridized carbons (Fsp3) is 0.360. The van der Waals surface area contributed by atoms with Gasteiger partial charge in [-0.2, -0.15) is 0 Å². The smallest absolute Gasteiger partial charge is 0.331 e. The van der Waals surface area contributed by atoms with Crippen LogP contribution in [0.15, 0.2) is 54.6 Å². The zero-order valence-electron chi connectivity index (χ0n) is 18.4. The Kier molecular flexibility index (Phi) is 7.70. The van der Waals surface area contributed by atoms with Crippen LogP contribution >= 0.6 is 0 Å². The first kappa shape index (κ1) is 22.4. The number of anilines is 1. The lowest BCUT2D eigenvalue weighted by Crippen LogP contribution is -2.49. The van der Waals surface area contributed by atoms with Crippen LogP contribution in [0.2, 0.25) is 0 Å². The molecule has 31 heavy (non-hydrogen) atoms. The highest BCUT2D eigenvalue weighted by atomic mass is 16.5. The van der Waals surface area contributed by atoms with E-state index < -0.39 is 5.97 Å². The molecule has 3 rings (SSSR count). The van der Waals surface area contributed by atoms with Crippen molar-refractivity contribution in [1.29, 1.82) is 0 Å². The van der Waals surface area contributed by atoms with E-state index in [1.807, 2.05) is 48.5 Å². The summed E-state index contributed by atoms with van der Waals surface area (Å²) in [5, 5.41) is 0. The van der Waals surface area contributed by atoms with Crippen LogP contribution in [-0.2, 0) is 14.3 Å². The highest BCUT2D eigenvalue weighted by Gasteiger charge is 2.22. The fourth-order valence-corrected chi connectivity index (χ4v) is 3.44. The van der Waals surface area contributed by atoms with Crippen molar-refractivity contribution in [1.82, 2.24) is 4.90 Å². The standard InChI is InChI=1S/C25H30N2O4/c1-19(2)21-7-4-20(5-8-21)6-13-25(29)31-18-24(28)27-16-14-26(15-17-27)22-9-11-23(30-3)12-10-22/h4-13,19H,14-18H2,1-3H3/b13-6+. The molecule has 0 bridgehead atoms. The summed E-state index contributed by atoms with van der Waals surface area (Å²) in [6.45, 7) is 6.70. The molecule has 0 N–H and O–H groups in total. The zero-order valence-corrected chi connectivity index (χ0v) is 18.4. The van der Waals surface area contributed by atoms with Gasteiger partial charge in [-0.05, 0) is 47.4 Å². The second-order valence-corrected chi connectivity index (χ2v) is 7.83. The van der Waals surface area contributed by atoms with E-state index in [1.165, 1.54) is 11.6 Å². The van der Waals surface area contributed by atoms with Gasteiger partial charge in [0, 0.05) is 37.9 Å². The summed E-state index contributed by atoms with van der Waals surface area (Å²) in [5.41, 5.74) is 3.27. The van der Waals surface area contributed by atoms with Crippen molar-refractivity contribution in [3.63, 3.8) is 0 Å². The summed E-state index contributed by atoms with van der Waals surface area (Å²) in [5.74, 6) is 0.601.